The van der Waals surface area contributed by atoms with E-state index in [2.05, 4.69) is 93.7 Å². The quantitative estimate of drug-likeness (QED) is 0.0199. The molecule has 0 fully saturated rings. The number of unbranched alkanes of at least 4 members (excludes halogenated alkanes) is 14. The van der Waals surface area contributed by atoms with Crippen LogP contribution in [0.5, 0.6) is 0 Å². The lowest BCUT2D eigenvalue weighted by Gasteiger charge is -2.18. The zero-order valence-corrected chi connectivity index (χ0v) is 41.9. The van der Waals surface area contributed by atoms with Crippen LogP contribution in [0.4, 0.5) is 0 Å². The predicted molar refractivity (Wildman–Crippen MR) is 283 cm³/mol. The normalized spacial score (nSPS) is 13.3. The van der Waals surface area contributed by atoms with Crippen molar-refractivity contribution in [2.45, 2.75) is 200 Å². The molecule has 0 heterocycles. The second-order valence-corrected chi connectivity index (χ2v) is 16.5. The van der Waals surface area contributed by atoms with Gasteiger partial charge in [-0.3, -0.25) is 14.4 Å². The van der Waals surface area contributed by atoms with Crippen molar-refractivity contribution in [1.29, 1.82) is 0 Å². The van der Waals surface area contributed by atoms with Crippen LogP contribution in [0.2, 0.25) is 0 Å². The average molecular weight is 909 g/mol. The molecule has 0 rings (SSSR count). The molecule has 0 radical (unpaired) electrons. The topological polar surface area (TPSA) is 78.9 Å². The SMILES string of the molecule is CC\C=C/C=C\C=C/C=C\C=C\C=C/CCCCCC(=O)OC(COC(=O)CC/C=C\C/C=C\C/C=C\C/C=C\C/C=C\C/C=C\CC)COC(=O)CCCCCCCCCCCCCC. The van der Waals surface area contributed by atoms with E-state index in [0.717, 1.165) is 83.5 Å². The van der Waals surface area contributed by atoms with Crippen molar-refractivity contribution in [1.82, 2.24) is 0 Å². The molecule has 0 bridgehead atoms. The zero-order chi connectivity index (χ0) is 47.9. The molecule has 1 unspecified atom stereocenters. The number of rotatable bonds is 44. The van der Waals surface area contributed by atoms with Crippen LogP contribution in [-0.2, 0) is 28.6 Å². The molecule has 0 aliphatic rings. The first kappa shape index (κ1) is 61.3. The van der Waals surface area contributed by atoms with Crippen LogP contribution >= 0.6 is 0 Å². The van der Waals surface area contributed by atoms with Gasteiger partial charge in [0.15, 0.2) is 6.10 Å². The molecule has 0 N–H and O–H groups in total. The third-order valence-corrected chi connectivity index (χ3v) is 10.3. The Balaban J connectivity index is 4.62. The highest BCUT2D eigenvalue weighted by atomic mass is 16.6. The molecular formula is C60H92O6. The van der Waals surface area contributed by atoms with Crippen molar-refractivity contribution in [2.24, 2.45) is 0 Å². The summed E-state index contributed by atoms with van der Waals surface area (Å²) in [5.41, 5.74) is 0. The van der Waals surface area contributed by atoms with Gasteiger partial charge in [0.2, 0.25) is 0 Å². The molecule has 0 amide bonds. The standard InChI is InChI=1S/C60H92O6/c1-4-7-10-13-16-19-22-25-27-29-30-32-33-35-38-41-44-47-50-53-59(62)65-56-57(55-64-58(61)52-49-46-43-40-37-24-21-18-15-12-9-6-3)66-60(63)54-51-48-45-42-39-36-34-31-28-26-23-20-17-14-11-8-5-2/h7-8,10-11,14,16-17,19-20,23,25-28,30-32,34-36,38-39,44,47,57H,4-6,9,12-13,15,18,21-22,24,29,33,37,40-43,45-46,48-56H2,1-3H3/b10-7-,11-8-,17-14-,19-16-,23-20-,27-25-,28-26-,32-30-,34-31+,38-35-,39-36-,47-44-. The van der Waals surface area contributed by atoms with E-state index in [-0.39, 0.29) is 44.0 Å². The van der Waals surface area contributed by atoms with Crippen LogP contribution in [0.15, 0.2) is 146 Å². The Morgan fingerprint density at radius 1 is 0.333 bits per heavy atom. The highest BCUT2D eigenvalue weighted by Crippen LogP contribution is 2.13. The summed E-state index contributed by atoms with van der Waals surface area (Å²) in [5.74, 6) is -1.07. The molecule has 0 spiro atoms. The van der Waals surface area contributed by atoms with Crippen LogP contribution in [0.25, 0.3) is 0 Å². The minimum absolute atomic E-state index is 0.124. The van der Waals surface area contributed by atoms with E-state index in [0.29, 0.717) is 19.3 Å². The summed E-state index contributed by atoms with van der Waals surface area (Å²) in [4.78, 5) is 38.0. The van der Waals surface area contributed by atoms with Gasteiger partial charge >= 0.3 is 17.9 Å². The summed E-state index contributed by atoms with van der Waals surface area (Å²) in [6.45, 7) is 6.25. The average Bonchev–Trinajstić information content (AvgIpc) is 3.31. The first-order valence-corrected chi connectivity index (χ1v) is 25.9. The van der Waals surface area contributed by atoms with Gasteiger partial charge in [-0.15, -0.1) is 0 Å². The summed E-state index contributed by atoms with van der Waals surface area (Å²) in [5, 5.41) is 0. The largest absolute Gasteiger partial charge is 0.462 e. The first-order valence-electron chi connectivity index (χ1n) is 25.9. The number of carbonyl (C=O) groups excluding carboxylic acids is 3. The van der Waals surface area contributed by atoms with Gasteiger partial charge < -0.3 is 14.2 Å². The lowest BCUT2D eigenvalue weighted by molar-refractivity contribution is -0.166. The Hall–Kier alpha value is -4.71. The predicted octanol–water partition coefficient (Wildman–Crippen LogP) is 17.3. The van der Waals surface area contributed by atoms with E-state index in [9.17, 15) is 14.4 Å². The van der Waals surface area contributed by atoms with E-state index in [1.807, 2.05) is 72.9 Å². The minimum Gasteiger partial charge on any atom is -0.462 e. The van der Waals surface area contributed by atoms with E-state index in [4.69, 9.17) is 14.2 Å². The molecule has 0 aliphatic carbocycles. The minimum atomic E-state index is -0.836. The second-order valence-electron chi connectivity index (χ2n) is 16.5. The number of esters is 3. The maximum atomic E-state index is 12.8. The fourth-order valence-electron chi connectivity index (χ4n) is 6.44. The van der Waals surface area contributed by atoms with Crippen molar-refractivity contribution < 1.29 is 28.6 Å². The molecule has 0 aromatic carbocycles. The Labute approximate surface area is 404 Å². The Bertz CT molecular complexity index is 1510. The van der Waals surface area contributed by atoms with Crippen LogP contribution in [-0.4, -0.2) is 37.2 Å². The van der Waals surface area contributed by atoms with Gasteiger partial charge in [-0.2, -0.15) is 0 Å². The van der Waals surface area contributed by atoms with Crippen LogP contribution in [0.3, 0.4) is 0 Å². The third kappa shape index (κ3) is 50.3. The van der Waals surface area contributed by atoms with Crippen LogP contribution in [0, 0.1) is 0 Å². The number of carbonyl (C=O) groups is 3. The van der Waals surface area contributed by atoms with Gasteiger partial charge in [0.25, 0.3) is 0 Å². The van der Waals surface area contributed by atoms with Gasteiger partial charge in [-0.05, 0) is 77.0 Å². The number of hydrogen-bond acceptors (Lipinski definition) is 6. The molecule has 66 heavy (non-hydrogen) atoms. The molecule has 0 aromatic heterocycles. The maximum Gasteiger partial charge on any atom is 0.306 e. The third-order valence-electron chi connectivity index (χ3n) is 10.3. The maximum absolute atomic E-state index is 12.8. The number of ether oxygens (including phenoxy) is 3. The van der Waals surface area contributed by atoms with E-state index < -0.39 is 6.10 Å². The second kappa shape index (κ2) is 52.9. The number of hydrogen-bond donors (Lipinski definition) is 0. The summed E-state index contributed by atoms with van der Waals surface area (Å²) in [6.07, 6.45) is 75.5. The van der Waals surface area contributed by atoms with Crippen molar-refractivity contribution in [3.63, 3.8) is 0 Å². The lowest BCUT2D eigenvalue weighted by Crippen LogP contribution is -2.30. The zero-order valence-electron chi connectivity index (χ0n) is 41.9. The summed E-state index contributed by atoms with van der Waals surface area (Å²) < 4.78 is 16.7. The first-order chi connectivity index (χ1) is 32.5. The molecule has 1 atom stereocenters. The monoisotopic (exact) mass is 909 g/mol. The molecule has 368 valence electrons. The molecule has 6 nitrogen and oxygen atoms in total. The lowest BCUT2D eigenvalue weighted by atomic mass is 10.0. The highest BCUT2D eigenvalue weighted by molar-refractivity contribution is 5.71. The molecule has 0 saturated heterocycles. The van der Waals surface area contributed by atoms with Crippen molar-refractivity contribution >= 4 is 17.9 Å². The Morgan fingerprint density at radius 2 is 0.697 bits per heavy atom. The van der Waals surface area contributed by atoms with Gasteiger partial charge in [-0.1, -0.05) is 244 Å². The van der Waals surface area contributed by atoms with Crippen molar-refractivity contribution in [3.05, 3.63) is 146 Å². The summed E-state index contributed by atoms with van der Waals surface area (Å²) in [7, 11) is 0. The fourth-order valence-corrected chi connectivity index (χ4v) is 6.44. The van der Waals surface area contributed by atoms with E-state index >= 15 is 0 Å². The van der Waals surface area contributed by atoms with Gasteiger partial charge in [-0.25, -0.2) is 0 Å². The van der Waals surface area contributed by atoms with E-state index in [1.54, 1.807) is 0 Å². The molecular weight excluding hydrogens is 817 g/mol. The number of allylic oxidation sites excluding steroid dienone is 24. The smallest absolute Gasteiger partial charge is 0.306 e. The molecule has 6 heteroatoms. The van der Waals surface area contributed by atoms with E-state index in [1.165, 1.54) is 57.8 Å². The Kier molecular flexibility index (Phi) is 49.1. The van der Waals surface area contributed by atoms with Gasteiger partial charge in [0, 0.05) is 19.3 Å². The van der Waals surface area contributed by atoms with Crippen LogP contribution < -0.4 is 0 Å². The fraction of sp³-hybridized carbons (Fsp3) is 0.550. The highest BCUT2D eigenvalue weighted by Gasteiger charge is 2.19. The van der Waals surface area contributed by atoms with Crippen LogP contribution in [0.1, 0.15) is 194 Å². The van der Waals surface area contributed by atoms with Gasteiger partial charge in [0.05, 0.1) is 0 Å². The van der Waals surface area contributed by atoms with Crippen molar-refractivity contribution in [3.8, 4) is 0 Å². The summed E-state index contributed by atoms with van der Waals surface area (Å²) in [6, 6.07) is 0. The molecule has 0 aliphatic heterocycles. The van der Waals surface area contributed by atoms with Crippen molar-refractivity contribution in [2.75, 3.05) is 13.2 Å². The molecule has 0 saturated carbocycles. The molecule has 0 aromatic rings. The summed E-state index contributed by atoms with van der Waals surface area (Å²) >= 11 is 0. The Morgan fingerprint density at radius 3 is 1.17 bits per heavy atom. The van der Waals surface area contributed by atoms with Gasteiger partial charge in [0.1, 0.15) is 13.2 Å².